The minimum absolute atomic E-state index is 0.118. The first-order chi connectivity index (χ1) is 22.0. The van der Waals surface area contributed by atoms with E-state index in [1.807, 2.05) is 24.3 Å². The fourth-order valence-corrected chi connectivity index (χ4v) is 4.81. The molecule has 266 valence electrons. The SMILES string of the molecule is CCCC[C@@H](O)/C=C\C/C=C\C/C=C\C/C=C\CCCC(=O)O[C@H](COC(=O)CCCCCCCCCC(C)C)COP(=O)(O)O. The highest BCUT2D eigenvalue weighted by Crippen LogP contribution is 2.35. The molecule has 0 aromatic rings. The van der Waals surface area contributed by atoms with E-state index in [1.54, 1.807) is 0 Å². The lowest BCUT2D eigenvalue weighted by atomic mass is 10.0. The van der Waals surface area contributed by atoms with Gasteiger partial charge in [0.1, 0.15) is 6.61 Å². The molecular formula is C36H63O9P. The average Bonchev–Trinajstić information content (AvgIpc) is 3.00. The van der Waals surface area contributed by atoms with E-state index in [1.165, 1.54) is 25.7 Å². The van der Waals surface area contributed by atoms with Gasteiger partial charge in [-0.25, -0.2) is 4.57 Å². The minimum Gasteiger partial charge on any atom is -0.462 e. The van der Waals surface area contributed by atoms with Crippen LogP contribution in [0.15, 0.2) is 48.6 Å². The number of allylic oxidation sites excluding steroid dienone is 7. The lowest BCUT2D eigenvalue weighted by Gasteiger charge is -2.18. The molecule has 0 amide bonds. The quantitative estimate of drug-likeness (QED) is 0.0296. The van der Waals surface area contributed by atoms with Crippen LogP contribution in [0, 0.1) is 5.92 Å². The van der Waals surface area contributed by atoms with Crippen LogP contribution in [-0.4, -0.2) is 52.3 Å². The van der Waals surface area contributed by atoms with Gasteiger partial charge in [-0.2, -0.15) is 0 Å². The molecule has 0 unspecified atom stereocenters. The Hall–Kier alpha value is -2.03. The van der Waals surface area contributed by atoms with Gasteiger partial charge in [0, 0.05) is 12.8 Å². The summed E-state index contributed by atoms with van der Waals surface area (Å²) in [6.45, 7) is 5.70. The number of ether oxygens (including phenoxy) is 2. The van der Waals surface area contributed by atoms with Gasteiger partial charge in [0.2, 0.25) is 0 Å². The van der Waals surface area contributed by atoms with E-state index in [2.05, 4.69) is 49.6 Å². The van der Waals surface area contributed by atoms with Crippen LogP contribution in [0.3, 0.4) is 0 Å². The molecule has 0 saturated heterocycles. The first-order valence-corrected chi connectivity index (χ1v) is 18.9. The Morgan fingerprint density at radius 1 is 0.696 bits per heavy atom. The van der Waals surface area contributed by atoms with Crippen molar-refractivity contribution in [2.75, 3.05) is 13.2 Å². The van der Waals surface area contributed by atoms with Crippen LogP contribution in [0.1, 0.15) is 136 Å². The van der Waals surface area contributed by atoms with Crippen molar-refractivity contribution in [2.24, 2.45) is 5.92 Å². The van der Waals surface area contributed by atoms with E-state index in [4.69, 9.17) is 19.3 Å². The summed E-state index contributed by atoms with van der Waals surface area (Å²) in [6.07, 6.45) is 30.5. The van der Waals surface area contributed by atoms with Crippen molar-refractivity contribution in [3.63, 3.8) is 0 Å². The molecule has 0 aromatic carbocycles. The van der Waals surface area contributed by atoms with Crippen LogP contribution in [0.2, 0.25) is 0 Å². The van der Waals surface area contributed by atoms with Gasteiger partial charge in [-0.3, -0.25) is 14.1 Å². The van der Waals surface area contributed by atoms with Gasteiger partial charge in [-0.1, -0.05) is 127 Å². The third kappa shape index (κ3) is 33.3. The zero-order chi connectivity index (χ0) is 34.3. The molecular weight excluding hydrogens is 607 g/mol. The Balaban J connectivity index is 4.17. The Labute approximate surface area is 278 Å². The molecule has 0 saturated carbocycles. The maximum absolute atomic E-state index is 12.3. The van der Waals surface area contributed by atoms with Crippen LogP contribution in [0.5, 0.6) is 0 Å². The molecule has 9 nitrogen and oxygen atoms in total. The first kappa shape index (κ1) is 44.0. The summed E-state index contributed by atoms with van der Waals surface area (Å²) in [4.78, 5) is 42.5. The van der Waals surface area contributed by atoms with Gasteiger partial charge in [0.05, 0.1) is 12.7 Å². The summed E-state index contributed by atoms with van der Waals surface area (Å²) in [5.74, 6) is -0.233. The molecule has 46 heavy (non-hydrogen) atoms. The van der Waals surface area contributed by atoms with Crippen molar-refractivity contribution >= 4 is 19.8 Å². The molecule has 0 aliphatic rings. The first-order valence-electron chi connectivity index (χ1n) is 17.4. The molecule has 0 aliphatic carbocycles. The summed E-state index contributed by atoms with van der Waals surface area (Å²) >= 11 is 0. The predicted octanol–water partition coefficient (Wildman–Crippen LogP) is 8.83. The fourth-order valence-electron chi connectivity index (χ4n) is 4.45. The van der Waals surface area contributed by atoms with E-state index in [9.17, 15) is 19.3 Å². The molecule has 2 atom stereocenters. The monoisotopic (exact) mass is 670 g/mol. The van der Waals surface area contributed by atoms with Gasteiger partial charge in [-0.05, 0) is 50.9 Å². The predicted molar refractivity (Wildman–Crippen MR) is 185 cm³/mol. The molecule has 0 rings (SSSR count). The van der Waals surface area contributed by atoms with Crippen molar-refractivity contribution in [1.82, 2.24) is 0 Å². The van der Waals surface area contributed by atoms with Crippen LogP contribution in [0.4, 0.5) is 0 Å². The third-order valence-corrected chi connectivity index (χ3v) is 7.58. The average molecular weight is 671 g/mol. The van der Waals surface area contributed by atoms with Crippen LogP contribution in [0.25, 0.3) is 0 Å². The number of unbranched alkanes of at least 4 members (excludes halogenated alkanes) is 8. The van der Waals surface area contributed by atoms with E-state index in [0.717, 1.165) is 63.7 Å². The van der Waals surface area contributed by atoms with Gasteiger partial charge in [-0.15, -0.1) is 0 Å². The number of carbonyl (C=O) groups is 2. The number of phosphoric acid groups is 1. The number of carbonyl (C=O) groups excluding carboxylic acids is 2. The fraction of sp³-hybridized carbons (Fsp3) is 0.722. The Morgan fingerprint density at radius 2 is 1.26 bits per heavy atom. The molecule has 0 fully saturated rings. The zero-order valence-corrected chi connectivity index (χ0v) is 29.6. The molecule has 0 spiro atoms. The molecule has 0 heterocycles. The normalized spacial score (nSPS) is 13.9. The number of rotatable bonds is 30. The largest absolute Gasteiger partial charge is 0.469 e. The number of hydrogen-bond acceptors (Lipinski definition) is 7. The number of aliphatic hydroxyl groups excluding tert-OH is 1. The molecule has 3 N–H and O–H groups in total. The van der Waals surface area contributed by atoms with E-state index in [0.29, 0.717) is 19.3 Å². The molecule has 0 aliphatic heterocycles. The Kier molecular flexibility index (Phi) is 29.0. The second kappa shape index (κ2) is 30.3. The standard InChI is InChI=1S/C36H63O9P/c1-4-5-26-33(37)27-22-18-14-10-8-6-7-9-11-15-20-24-29-36(39)45-34(31-44-46(40,41)42)30-43-35(38)28-23-19-16-12-13-17-21-25-32(2)3/h6-7,10-11,14-15,22,27,32-34,37H,4-5,8-9,12-13,16-21,23-26,28-31H2,1-3H3,(H2,40,41,42)/b7-6-,14-10-,15-11-,27-22-/t33-,34-/m1/s1. The van der Waals surface area contributed by atoms with Crippen LogP contribution < -0.4 is 0 Å². The summed E-state index contributed by atoms with van der Waals surface area (Å²) in [5.41, 5.74) is 0. The maximum Gasteiger partial charge on any atom is 0.469 e. The van der Waals surface area contributed by atoms with Crippen molar-refractivity contribution in [3.8, 4) is 0 Å². The third-order valence-electron chi connectivity index (χ3n) is 7.10. The van der Waals surface area contributed by atoms with Gasteiger partial charge >= 0.3 is 19.8 Å². The molecule has 0 radical (unpaired) electrons. The van der Waals surface area contributed by atoms with Crippen LogP contribution in [-0.2, 0) is 28.2 Å². The highest BCUT2D eigenvalue weighted by Gasteiger charge is 2.22. The van der Waals surface area contributed by atoms with Crippen molar-refractivity contribution in [1.29, 1.82) is 0 Å². The number of aliphatic hydroxyl groups is 1. The van der Waals surface area contributed by atoms with Crippen molar-refractivity contribution in [3.05, 3.63) is 48.6 Å². The van der Waals surface area contributed by atoms with Crippen molar-refractivity contribution < 1.29 is 43.0 Å². The highest BCUT2D eigenvalue weighted by atomic mass is 31.2. The van der Waals surface area contributed by atoms with Crippen molar-refractivity contribution in [2.45, 2.75) is 149 Å². The summed E-state index contributed by atoms with van der Waals surface area (Å²) < 4.78 is 26.1. The minimum atomic E-state index is -4.77. The second-order valence-corrected chi connectivity index (χ2v) is 13.4. The van der Waals surface area contributed by atoms with Gasteiger partial charge in [0.15, 0.2) is 6.10 Å². The number of hydrogen-bond donors (Lipinski definition) is 3. The zero-order valence-electron chi connectivity index (χ0n) is 28.7. The maximum atomic E-state index is 12.3. The van der Waals surface area contributed by atoms with Gasteiger partial charge < -0.3 is 24.4 Å². The smallest absolute Gasteiger partial charge is 0.462 e. The van der Waals surface area contributed by atoms with Gasteiger partial charge in [0.25, 0.3) is 0 Å². The topological polar surface area (TPSA) is 140 Å². The Bertz CT molecular complexity index is 920. The second-order valence-electron chi connectivity index (χ2n) is 12.1. The molecule has 0 aromatic heterocycles. The number of esters is 2. The summed E-state index contributed by atoms with van der Waals surface area (Å²) in [5, 5.41) is 9.77. The van der Waals surface area contributed by atoms with Crippen LogP contribution >= 0.6 is 7.82 Å². The summed E-state index contributed by atoms with van der Waals surface area (Å²) in [6, 6.07) is 0. The molecule has 10 heteroatoms. The number of phosphoric ester groups is 1. The van der Waals surface area contributed by atoms with E-state index in [-0.39, 0.29) is 25.6 Å². The van der Waals surface area contributed by atoms with E-state index < -0.39 is 32.5 Å². The lowest BCUT2D eigenvalue weighted by Crippen LogP contribution is -2.29. The lowest BCUT2D eigenvalue weighted by molar-refractivity contribution is -0.161. The Morgan fingerprint density at radius 3 is 1.87 bits per heavy atom. The summed E-state index contributed by atoms with van der Waals surface area (Å²) in [7, 11) is -4.77. The molecule has 0 bridgehead atoms. The highest BCUT2D eigenvalue weighted by molar-refractivity contribution is 7.46. The van der Waals surface area contributed by atoms with E-state index >= 15 is 0 Å².